The first-order chi connectivity index (χ1) is 12.4. The van der Waals surface area contributed by atoms with Crippen LogP contribution in [0.2, 0.25) is 0 Å². The fourth-order valence-corrected chi connectivity index (χ4v) is 2.63. The molecule has 2 amide bonds. The summed E-state index contributed by atoms with van der Waals surface area (Å²) in [5.41, 5.74) is 3.36. The zero-order valence-electron chi connectivity index (χ0n) is 15.6. The van der Waals surface area contributed by atoms with Gasteiger partial charge in [0.2, 0.25) is 5.91 Å². The number of hydrogen-bond donors (Lipinski definition) is 2. The Labute approximate surface area is 154 Å². The van der Waals surface area contributed by atoms with E-state index in [1.165, 1.54) is 0 Å². The maximum absolute atomic E-state index is 12.3. The average Bonchev–Trinajstić information content (AvgIpc) is 2.61. The van der Waals surface area contributed by atoms with Crippen molar-refractivity contribution in [1.29, 1.82) is 0 Å². The van der Waals surface area contributed by atoms with Crippen molar-refractivity contribution in [2.75, 3.05) is 33.1 Å². The normalized spacial score (nSPS) is 10.5. The van der Waals surface area contributed by atoms with Crippen molar-refractivity contribution in [3.8, 4) is 5.75 Å². The summed E-state index contributed by atoms with van der Waals surface area (Å²) >= 11 is 0. The van der Waals surface area contributed by atoms with Gasteiger partial charge in [-0.05, 0) is 49.4 Å². The van der Waals surface area contributed by atoms with E-state index in [0.29, 0.717) is 23.5 Å². The zero-order valence-corrected chi connectivity index (χ0v) is 15.6. The predicted octanol–water partition coefficient (Wildman–Crippen LogP) is 2.43. The lowest BCUT2D eigenvalue weighted by atomic mass is 10.1. The van der Waals surface area contributed by atoms with Gasteiger partial charge in [-0.2, -0.15) is 0 Å². The molecule has 2 aromatic rings. The summed E-state index contributed by atoms with van der Waals surface area (Å²) < 4.78 is 5.28. The van der Waals surface area contributed by atoms with Crippen LogP contribution < -0.4 is 15.4 Å². The van der Waals surface area contributed by atoms with Crippen molar-refractivity contribution in [2.24, 2.45) is 0 Å². The van der Waals surface area contributed by atoms with Crippen molar-refractivity contribution >= 4 is 17.5 Å². The maximum Gasteiger partial charge on any atom is 0.251 e. The van der Waals surface area contributed by atoms with Crippen molar-refractivity contribution in [1.82, 2.24) is 10.2 Å². The molecule has 0 bridgehead atoms. The Morgan fingerprint density at radius 3 is 2.42 bits per heavy atom. The highest BCUT2D eigenvalue weighted by Crippen LogP contribution is 2.25. The number of nitrogens with zero attached hydrogens (tertiary/aromatic N) is 1. The molecular formula is C20H25N3O3. The van der Waals surface area contributed by atoms with Crippen LogP contribution in [0.1, 0.15) is 21.5 Å². The molecule has 0 aliphatic carbocycles. The van der Waals surface area contributed by atoms with Crippen LogP contribution in [0, 0.1) is 6.92 Å². The minimum atomic E-state index is -0.114. The van der Waals surface area contributed by atoms with Crippen LogP contribution in [0.25, 0.3) is 0 Å². The molecule has 0 atom stereocenters. The highest BCUT2D eigenvalue weighted by Gasteiger charge is 2.11. The summed E-state index contributed by atoms with van der Waals surface area (Å²) in [5, 5.41) is 5.48. The van der Waals surface area contributed by atoms with Gasteiger partial charge in [0.1, 0.15) is 5.75 Å². The smallest absolute Gasteiger partial charge is 0.251 e. The number of amides is 2. The number of aryl methyl sites for hydroxylation is 1. The van der Waals surface area contributed by atoms with Crippen LogP contribution in [0.4, 0.5) is 5.69 Å². The Morgan fingerprint density at radius 2 is 1.81 bits per heavy atom. The van der Waals surface area contributed by atoms with Crippen LogP contribution in [0.5, 0.6) is 5.75 Å². The second-order valence-corrected chi connectivity index (χ2v) is 6.20. The zero-order chi connectivity index (χ0) is 19.1. The minimum Gasteiger partial charge on any atom is -0.495 e. The highest BCUT2D eigenvalue weighted by atomic mass is 16.5. The molecule has 0 fully saturated rings. The molecule has 0 aromatic heterocycles. The molecule has 2 aromatic carbocycles. The molecule has 26 heavy (non-hydrogen) atoms. The fraction of sp³-hybridized carbons (Fsp3) is 0.300. The largest absolute Gasteiger partial charge is 0.495 e. The molecule has 138 valence electrons. The van der Waals surface area contributed by atoms with E-state index in [-0.39, 0.29) is 18.4 Å². The molecular weight excluding hydrogens is 330 g/mol. The molecule has 0 spiro atoms. The Hall–Kier alpha value is -2.86. The number of nitrogens with one attached hydrogen (secondary N) is 2. The number of anilines is 1. The van der Waals surface area contributed by atoms with Crippen LogP contribution in [0.15, 0.2) is 42.5 Å². The van der Waals surface area contributed by atoms with Gasteiger partial charge in [-0.1, -0.05) is 18.2 Å². The second-order valence-electron chi connectivity index (χ2n) is 6.20. The lowest BCUT2D eigenvalue weighted by molar-refractivity contribution is -0.117. The molecule has 0 aliphatic rings. The first-order valence-corrected chi connectivity index (χ1v) is 8.37. The number of carbonyl (C=O) groups excluding carboxylic acids is 2. The van der Waals surface area contributed by atoms with Crippen LogP contribution >= 0.6 is 0 Å². The third-order valence-electron chi connectivity index (χ3n) is 3.94. The molecule has 0 aliphatic heterocycles. The molecule has 0 saturated carbocycles. The van der Waals surface area contributed by atoms with E-state index in [9.17, 15) is 9.59 Å². The summed E-state index contributed by atoms with van der Waals surface area (Å²) in [7, 11) is 5.06. The third-order valence-corrected chi connectivity index (χ3v) is 3.94. The number of ether oxygens (including phenoxy) is 1. The SMILES string of the molecule is CNC(=O)c1ccc(CN(C)CC(=O)Nc2cc(C)ccc2OC)cc1. The second kappa shape index (κ2) is 9.01. The molecule has 6 nitrogen and oxygen atoms in total. The van der Waals surface area contributed by atoms with E-state index in [2.05, 4.69) is 10.6 Å². The summed E-state index contributed by atoms with van der Waals surface area (Å²) in [6.45, 7) is 2.81. The summed E-state index contributed by atoms with van der Waals surface area (Å²) in [6.07, 6.45) is 0. The number of likely N-dealkylation sites (N-methyl/N-ethyl adjacent to an activating group) is 1. The van der Waals surface area contributed by atoms with E-state index in [4.69, 9.17) is 4.74 Å². The Balaban J connectivity index is 1.93. The first-order valence-electron chi connectivity index (χ1n) is 8.37. The number of methoxy groups -OCH3 is 1. The molecule has 0 heterocycles. The monoisotopic (exact) mass is 355 g/mol. The summed E-state index contributed by atoms with van der Waals surface area (Å²) in [5.74, 6) is 0.408. The van der Waals surface area contributed by atoms with Gasteiger partial charge >= 0.3 is 0 Å². The Morgan fingerprint density at radius 1 is 1.12 bits per heavy atom. The number of benzene rings is 2. The van der Waals surface area contributed by atoms with Crippen LogP contribution in [-0.4, -0.2) is 44.5 Å². The predicted molar refractivity (Wildman–Crippen MR) is 103 cm³/mol. The van der Waals surface area contributed by atoms with E-state index >= 15 is 0 Å². The Kier molecular flexibility index (Phi) is 6.74. The first kappa shape index (κ1) is 19.5. The Bertz CT molecular complexity index is 772. The van der Waals surface area contributed by atoms with Gasteiger partial charge in [-0.15, -0.1) is 0 Å². The number of carbonyl (C=O) groups is 2. The quantitative estimate of drug-likeness (QED) is 0.800. The van der Waals surface area contributed by atoms with Gasteiger partial charge in [-0.25, -0.2) is 0 Å². The summed E-state index contributed by atoms with van der Waals surface area (Å²) in [6, 6.07) is 13.0. The van der Waals surface area contributed by atoms with Gasteiger partial charge in [-0.3, -0.25) is 14.5 Å². The molecule has 0 radical (unpaired) electrons. The van der Waals surface area contributed by atoms with E-state index in [0.717, 1.165) is 11.1 Å². The average molecular weight is 355 g/mol. The highest BCUT2D eigenvalue weighted by molar-refractivity contribution is 5.94. The van der Waals surface area contributed by atoms with Gasteiger partial charge in [0.15, 0.2) is 0 Å². The van der Waals surface area contributed by atoms with Gasteiger partial charge in [0.05, 0.1) is 19.3 Å². The van der Waals surface area contributed by atoms with E-state index in [1.807, 2.05) is 49.2 Å². The van der Waals surface area contributed by atoms with Crippen molar-refractivity contribution < 1.29 is 14.3 Å². The lowest BCUT2D eigenvalue weighted by Gasteiger charge is -2.17. The van der Waals surface area contributed by atoms with Gasteiger partial charge in [0, 0.05) is 19.2 Å². The molecule has 0 saturated heterocycles. The van der Waals surface area contributed by atoms with E-state index < -0.39 is 0 Å². The van der Waals surface area contributed by atoms with E-state index in [1.54, 1.807) is 26.3 Å². The van der Waals surface area contributed by atoms with Crippen molar-refractivity contribution in [3.63, 3.8) is 0 Å². The van der Waals surface area contributed by atoms with Crippen molar-refractivity contribution in [2.45, 2.75) is 13.5 Å². The third kappa shape index (κ3) is 5.32. The standard InChI is InChI=1S/C20H25N3O3/c1-14-5-10-18(26-4)17(11-14)22-19(24)13-23(3)12-15-6-8-16(9-7-15)20(25)21-2/h5-11H,12-13H2,1-4H3,(H,21,25)(H,22,24). The minimum absolute atomic E-state index is 0.113. The molecule has 2 N–H and O–H groups in total. The van der Waals surface area contributed by atoms with Gasteiger partial charge < -0.3 is 15.4 Å². The number of rotatable bonds is 7. The maximum atomic E-state index is 12.3. The lowest BCUT2D eigenvalue weighted by Crippen LogP contribution is -2.30. The van der Waals surface area contributed by atoms with Crippen molar-refractivity contribution in [3.05, 3.63) is 59.2 Å². The molecule has 0 unspecified atom stereocenters. The summed E-state index contributed by atoms with van der Waals surface area (Å²) in [4.78, 5) is 25.8. The fourth-order valence-electron chi connectivity index (χ4n) is 2.63. The van der Waals surface area contributed by atoms with Gasteiger partial charge in [0.25, 0.3) is 5.91 Å². The topological polar surface area (TPSA) is 70.7 Å². The van der Waals surface area contributed by atoms with Crippen LogP contribution in [0.3, 0.4) is 0 Å². The molecule has 6 heteroatoms. The van der Waals surface area contributed by atoms with Crippen LogP contribution in [-0.2, 0) is 11.3 Å². The molecule has 2 rings (SSSR count). The number of hydrogen-bond acceptors (Lipinski definition) is 4.